The fraction of sp³-hybridized carbons (Fsp3) is 0.467. The molecule has 1 aromatic rings. The summed E-state index contributed by atoms with van der Waals surface area (Å²) in [7, 11) is 0. The van der Waals surface area contributed by atoms with Gasteiger partial charge in [0, 0.05) is 0 Å². The molecular formula is C15H20O4. The first-order valence-corrected chi connectivity index (χ1v) is 6.61. The fourth-order valence-corrected chi connectivity index (χ4v) is 2.03. The Hall–Kier alpha value is -1.84. The van der Waals surface area contributed by atoms with Crippen LogP contribution in [0.4, 0.5) is 0 Å². The normalized spacial score (nSPS) is 10.6. The lowest BCUT2D eigenvalue weighted by Crippen LogP contribution is -2.23. The molecule has 0 fully saturated rings. The quantitative estimate of drug-likeness (QED) is 0.531. The van der Waals surface area contributed by atoms with Crippen LogP contribution in [0.5, 0.6) is 0 Å². The van der Waals surface area contributed by atoms with E-state index in [-0.39, 0.29) is 6.42 Å². The van der Waals surface area contributed by atoms with Crippen LogP contribution in [0, 0.1) is 5.92 Å². The monoisotopic (exact) mass is 264 g/mol. The maximum Gasteiger partial charge on any atom is 0.317 e. The third-order valence-corrected chi connectivity index (χ3v) is 3.15. The van der Waals surface area contributed by atoms with Crippen LogP contribution in [-0.4, -0.2) is 22.2 Å². The molecule has 0 spiro atoms. The van der Waals surface area contributed by atoms with Gasteiger partial charge in [-0.25, -0.2) is 0 Å². The largest absolute Gasteiger partial charge is 0.481 e. The van der Waals surface area contributed by atoms with Gasteiger partial charge in [0.2, 0.25) is 0 Å². The molecule has 0 aliphatic carbocycles. The van der Waals surface area contributed by atoms with E-state index in [1.165, 1.54) is 5.56 Å². The first kappa shape index (κ1) is 15.2. The average molecular weight is 264 g/mol. The van der Waals surface area contributed by atoms with Gasteiger partial charge in [0.1, 0.15) is 0 Å². The molecule has 0 saturated carbocycles. The Bertz CT molecular complexity index is 386. The molecular weight excluding hydrogens is 244 g/mol. The highest BCUT2D eigenvalue weighted by Crippen LogP contribution is 2.13. The Labute approximate surface area is 113 Å². The Morgan fingerprint density at radius 3 is 2.05 bits per heavy atom. The lowest BCUT2D eigenvalue weighted by Gasteiger charge is -2.06. The predicted octanol–water partition coefficient (Wildman–Crippen LogP) is 2.97. The van der Waals surface area contributed by atoms with Crippen molar-refractivity contribution in [1.82, 2.24) is 0 Å². The number of carbonyl (C=O) groups is 2. The van der Waals surface area contributed by atoms with E-state index in [9.17, 15) is 9.59 Å². The van der Waals surface area contributed by atoms with Crippen LogP contribution >= 0.6 is 0 Å². The molecule has 4 heteroatoms. The van der Waals surface area contributed by atoms with Crippen molar-refractivity contribution < 1.29 is 19.8 Å². The van der Waals surface area contributed by atoms with E-state index in [1.54, 1.807) is 0 Å². The maximum atomic E-state index is 10.7. The van der Waals surface area contributed by atoms with Crippen LogP contribution in [0.2, 0.25) is 0 Å². The first-order chi connectivity index (χ1) is 9.11. The molecule has 0 heterocycles. The Morgan fingerprint density at radius 2 is 1.47 bits per heavy atom. The molecule has 0 bridgehead atoms. The molecule has 0 radical (unpaired) electrons. The maximum absolute atomic E-state index is 10.7. The minimum atomic E-state index is -1.26. The van der Waals surface area contributed by atoms with Crippen molar-refractivity contribution in [2.75, 3.05) is 0 Å². The van der Waals surface area contributed by atoms with Gasteiger partial charge in [-0.3, -0.25) is 9.59 Å². The zero-order valence-electron chi connectivity index (χ0n) is 10.9. The van der Waals surface area contributed by atoms with Crippen LogP contribution in [0.15, 0.2) is 30.3 Å². The number of rotatable bonds is 9. The van der Waals surface area contributed by atoms with Crippen LogP contribution < -0.4 is 0 Å². The minimum Gasteiger partial charge on any atom is -0.481 e. The summed E-state index contributed by atoms with van der Waals surface area (Å²) in [5, 5.41) is 17.4. The summed E-state index contributed by atoms with van der Waals surface area (Å²) < 4.78 is 0. The number of hydrogen-bond acceptors (Lipinski definition) is 2. The van der Waals surface area contributed by atoms with E-state index in [0.29, 0.717) is 6.42 Å². The van der Waals surface area contributed by atoms with Gasteiger partial charge in [-0.1, -0.05) is 49.6 Å². The van der Waals surface area contributed by atoms with Gasteiger partial charge in [0.15, 0.2) is 5.92 Å². The van der Waals surface area contributed by atoms with Gasteiger partial charge < -0.3 is 10.2 Å². The highest BCUT2D eigenvalue weighted by Gasteiger charge is 2.24. The summed E-state index contributed by atoms with van der Waals surface area (Å²) in [6.45, 7) is 0. The summed E-state index contributed by atoms with van der Waals surface area (Å²) in [6.07, 6.45) is 4.82. The Morgan fingerprint density at radius 1 is 0.895 bits per heavy atom. The summed E-state index contributed by atoms with van der Waals surface area (Å²) in [5.74, 6) is -3.73. The van der Waals surface area contributed by atoms with Gasteiger partial charge in [0.25, 0.3) is 0 Å². The zero-order valence-corrected chi connectivity index (χ0v) is 10.9. The predicted molar refractivity (Wildman–Crippen MR) is 72.0 cm³/mol. The van der Waals surface area contributed by atoms with Crippen molar-refractivity contribution >= 4 is 11.9 Å². The van der Waals surface area contributed by atoms with Gasteiger partial charge in [-0.15, -0.1) is 0 Å². The van der Waals surface area contributed by atoms with Gasteiger partial charge >= 0.3 is 11.9 Å². The summed E-state index contributed by atoms with van der Waals surface area (Å²) in [5.41, 5.74) is 1.30. The van der Waals surface area contributed by atoms with E-state index in [1.807, 2.05) is 18.2 Å². The van der Waals surface area contributed by atoms with Crippen LogP contribution in [0.25, 0.3) is 0 Å². The summed E-state index contributed by atoms with van der Waals surface area (Å²) in [4.78, 5) is 21.3. The third-order valence-electron chi connectivity index (χ3n) is 3.15. The molecule has 104 valence electrons. The van der Waals surface area contributed by atoms with Crippen molar-refractivity contribution in [2.45, 2.75) is 38.5 Å². The highest BCUT2D eigenvalue weighted by molar-refractivity contribution is 5.92. The molecule has 1 rings (SSSR count). The lowest BCUT2D eigenvalue weighted by molar-refractivity contribution is -0.154. The van der Waals surface area contributed by atoms with Crippen LogP contribution in [0.3, 0.4) is 0 Å². The van der Waals surface area contributed by atoms with Crippen LogP contribution in [0.1, 0.15) is 37.7 Å². The van der Waals surface area contributed by atoms with E-state index >= 15 is 0 Å². The third kappa shape index (κ3) is 6.04. The van der Waals surface area contributed by atoms with Gasteiger partial charge in [0.05, 0.1) is 0 Å². The molecule has 1 aromatic carbocycles. The first-order valence-electron chi connectivity index (χ1n) is 6.61. The van der Waals surface area contributed by atoms with Crippen molar-refractivity contribution in [3.63, 3.8) is 0 Å². The molecule has 2 N–H and O–H groups in total. The van der Waals surface area contributed by atoms with Gasteiger partial charge in [-0.2, -0.15) is 0 Å². The van der Waals surface area contributed by atoms with Crippen molar-refractivity contribution in [3.8, 4) is 0 Å². The number of aliphatic carboxylic acids is 2. The second kappa shape index (κ2) is 8.29. The Kier molecular flexibility index (Phi) is 6.64. The zero-order chi connectivity index (χ0) is 14.1. The molecule has 19 heavy (non-hydrogen) atoms. The second-order valence-corrected chi connectivity index (χ2v) is 4.67. The number of unbranched alkanes of at least 4 members (excludes halogenated alkanes) is 3. The molecule has 0 unspecified atom stereocenters. The molecule has 0 amide bonds. The van der Waals surface area contributed by atoms with E-state index in [0.717, 1.165) is 25.7 Å². The SMILES string of the molecule is O=C(O)C(CCCCCCc1ccccc1)C(=O)O. The average Bonchev–Trinajstić information content (AvgIpc) is 2.38. The smallest absolute Gasteiger partial charge is 0.317 e. The summed E-state index contributed by atoms with van der Waals surface area (Å²) >= 11 is 0. The van der Waals surface area contributed by atoms with E-state index in [4.69, 9.17) is 10.2 Å². The highest BCUT2D eigenvalue weighted by atomic mass is 16.4. The van der Waals surface area contributed by atoms with Crippen molar-refractivity contribution in [1.29, 1.82) is 0 Å². The molecule has 0 atom stereocenters. The Balaban J connectivity index is 2.11. The molecule has 0 aromatic heterocycles. The molecule has 4 nitrogen and oxygen atoms in total. The van der Waals surface area contributed by atoms with E-state index < -0.39 is 17.9 Å². The van der Waals surface area contributed by atoms with Gasteiger partial charge in [-0.05, 0) is 24.8 Å². The fourth-order valence-electron chi connectivity index (χ4n) is 2.03. The van der Waals surface area contributed by atoms with E-state index in [2.05, 4.69) is 12.1 Å². The van der Waals surface area contributed by atoms with Crippen LogP contribution in [-0.2, 0) is 16.0 Å². The number of benzene rings is 1. The minimum absolute atomic E-state index is 0.218. The van der Waals surface area contributed by atoms with Crippen molar-refractivity contribution in [3.05, 3.63) is 35.9 Å². The topological polar surface area (TPSA) is 74.6 Å². The molecule has 0 saturated heterocycles. The number of carboxylic acid groups (broad SMARTS) is 2. The van der Waals surface area contributed by atoms with Crippen molar-refractivity contribution in [2.24, 2.45) is 5.92 Å². The molecule has 0 aliphatic heterocycles. The summed E-state index contributed by atoms with van der Waals surface area (Å²) in [6, 6.07) is 10.2. The second-order valence-electron chi connectivity index (χ2n) is 4.67. The number of hydrogen-bond donors (Lipinski definition) is 2. The lowest BCUT2D eigenvalue weighted by atomic mass is 10.00. The number of carboxylic acids is 2. The number of aryl methyl sites for hydroxylation is 1. The molecule has 0 aliphatic rings. The standard InChI is InChI=1S/C15H20O4/c16-14(17)13(15(18)19)11-7-2-1-4-8-12-9-5-3-6-10-12/h3,5-6,9-10,13H,1-2,4,7-8,11H2,(H,16,17)(H,18,19).